The van der Waals surface area contributed by atoms with E-state index in [0.29, 0.717) is 11.4 Å². The normalized spacial score (nSPS) is 16.3. The topological polar surface area (TPSA) is 55.4 Å². The van der Waals surface area contributed by atoms with Crippen LogP contribution >= 0.6 is 0 Å². The largest absolute Gasteiger partial charge is 0.426 e. The third kappa shape index (κ3) is 2.63. The van der Waals surface area contributed by atoms with E-state index in [0.717, 1.165) is 16.3 Å². The molecule has 1 amide bonds. The summed E-state index contributed by atoms with van der Waals surface area (Å²) in [6.07, 6.45) is 0.101. The predicted molar refractivity (Wildman–Crippen MR) is 92.0 cm³/mol. The quantitative estimate of drug-likeness (QED) is 0.576. The Hall–Kier alpha value is -3.14. The van der Waals surface area contributed by atoms with Crippen LogP contribution in [-0.4, -0.2) is 11.9 Å². The fourth-order valence-corrected chi connectivity index (χ4v) is 3.04. The second-order valence-electron chi connectivity index (χ2n) is 5.82. The maximum Gasteiger partial charge on any atom is 0.319 e. The molecule has 0 spiro atoms. The van der Waals surface area contributed by atoms with E-state index in [1.54, 1.807) is 12.1 Å². The van der Waals surface area contributed by atoms with Crippen molar-refractivity contribution >= 4 is 28.3 Å². The molecule has 4 nitrogen and oxygen atoms in total. The van der Waals surface area contributed by atoms with Crippen LogP contribution in [0.3, 0.4) is 0 Å². The standard InChI is InChI=1S/C20H15NO3/c22-19-12-17(16-7-3-4-8-18(16)21-19)20(23)24-15-10-9-13-5-1-2-6-14(13)11-15/h1-11,17H,12H2,(H,21,22). The lowest BCUT2D eigenvalue weighted by molar-refractivity contribution is -0.138. The number of benzene rings is 3. The number of carbonyl (C=O) groups is 2. The SMILES string of the molecule is O=C1CC(C(=O)Oc2ccc3ccccc3c2)c2ccccc2N1. The molecule has 3 aromatic rings. The van der Waals surface area contributed by atoms with Crippen molar-refractivity contribution in [2.45, 2.75) is 12.3 Å². The molecule has 3 aromatic carbocycles. The van der Waals surface area contributed by atoms with Crippen molar-refractivity contribution in [2.75, 3.05) is 5.32 Å². The van der Waals surface area contributed by atoms with Gasteiger partial charge in [-0.05, 0) is 34.5 Å². The van der Waals surface area contributed by atoms with E-state index in [1.807, 2.05) is 54.6 Å². The lowest BCUT2D eigenvalue weighted by Crippen LogP contribution is -2.29. The van der Waals surface area contributed by atoms with Crippen LogP contribution < -0.4 is 10.1 Å². The van der Waals surface area contributed by atoms with E-state index in [-0.39, 0.29) is 12.3 Å². The Morgan fingerprint density at radius 3 is 2.58 bits per heavy atom. The Labute approximate surface area is 139 Å². The molecule has 1 unspecified atom stereocenters. The van der Waals surface area contributed by atoms with E-state index in [2.05, 4.69) is 5.32 Å². The molecule has 24 heavy (non-hydrogen) atoms. The Morgan fingerprint density at radius 2 is 1.71 bits per heavy atom. The van der Waals surface area contributed by atoms with Gasteiger partial charge in [0, 0.05) is 12.1 Å². The van der Waals surface area contributed by atoms with Crippen LogP contribution in [0.2, 0.25) is 0 Å². The highest BCUT2D eigenvalue weighted by Crippen LogP contribution is 2.33. The molecule has 0 radical (unpaired) electrons. The number of para-hydroxylation sites is 1. The number of esters is 1. The molecule has 1 aliphatic rings. The lowest BCUT2D eigenvalue weighted by Gasteiger charge is -2.24. The van der Waals surface area contributed by atoms with Crippen molar-refractivity contribution in [1.82, 2.24) is 0 Å². The highest BCUT2D eigenvalue weighted by Gasteiger charge is 2.31. The van der Waals surface area contributed by atoms with Crippen molar-refractivity contribution in [3.05, 3.63) is 72.3 Å². The van der Waals surface area contributed by atoms with Crippen LogP contribution in [0, 0.1) is 0 Å². The molecule has 4 heteroatoms. The summed E-state index contributed by atoms with van der Waals surface area (Å²) in [6, 6.07) is 20.7. The first-order valence-corrected chi connectivity index (χ1v) is 7.80. The Kier molecular flexibility index (Phi) is 3.50. The van der Waals surface area contributed by atoms with Crippen LogP contribution in [0.15, 0.2) is 66.7 Å². The molecule has 1 N–H and O–H groups in total. The Bertz CT molecular complexity index is 948. The monoisotopic (exact) mass is 317 g/mol. The van der Waals surface area contributed by atoms with Crippen LogP contribution in [0.5, 0.6) is 5.75 Å². The molecule has 0 fully saturated rings. The third-order valence-electron chi connectivity index (χ3n) is 4.22. The van der Waals surface area contributed by atoms with Crippen molar-refractivity contribution in [3.8, 4) is 5.75 Å². The van der Waals surface area contributed by atoms with E-state index in [9.17, 15) is 9.59 Å². The average molecular weight is 317 g/mol. The summed E-state index contributed by atoms with van der Waals surface area (Å²) >= 11 is 0. The molecular weight excluding hydrogens is 302 g/mol. The zero-order valence-corrected chi connectivity index (χ0v) is 12.9. The molecule has 1 atom stereocenters. The zero-order valence-electron chi connectivity index (χ0n) is 12.9. The van der Waals surface area contributed by atoms with Crippen LogP contribution in [0.1, 0.15) is 17.9 Å². The fraction of sp³-hybridized carbons (Fsp3) is 0.100. The minimum atomic E-state index is -0.582. The van der Waals surface area contributed by atoms with Crippen molar-refractivity contribution in [2.24, 2.45) is 0 Å². The van der Waals surface area contributed by atoms with Crippen LogP contribution in [0.25, 0.3) is 10.8 Å². The van der Waals surface area contributed by atoms with Gasteiger partial charge in [-0.3, -0.25) is 9.59 Å². The van der Waals surface area contributed by atoms with Crippen LogP contribution in [-0.2, 0) is 9.59 Å². The van der Waals surface area contributed by atoms with E-state index in [1.165, 1.54) is 0 Å². The van der Waals surface area contributed by atoms with Gasteiger partial charge in [-0.25, -0.2) is 0 Å². The molecule has 1 heterocycles. The van der Waals surface area contributed by atoms with E-state index in [4.69, 9.17) is 4.74 Å². The molecule has 0 bridgehead atoms. The van der Waals surface area contributed by atoms with E-state index < -0.39 is 11.9 Å². The summed E-state index contributed by atoms with van der Waals surface area (Å²) in [5, 5.41) is 4.87. The van der Waals surface area contributed by atoms with Crippen molar-refractivity contribution in [1.29, 1.82) is 0 Å². The van der Waals surface area contributed by atoms with Gasteiger partial charge in [0.1, 0.15) is 5.75 Å². The molecule has 4 rings (SSSR count). The third-order valence-corrected chi connectivity index (χ3v) is 4.22. The summed E-state index contributed by atoms with van der Waals surface area (Å²) < 4.78 is 5.55. The first-order valence-electron chi connectivity index (χ1n) is 7.80. The van der Waals surface area contributed by atoms with Gasteiger partial charge in [-0.1, -0.05) is 48.5 Å². The van der Waals surface area contributed by atoms with Gasteiger partial charge >= 0.3 is 5.97 Å². The summed E-state index contributed by atoms with van der Waals surface area (Å²) in [6.45, 7) is 0. The fourth-order valence-electron chi connectivity index (χ4n) is 3.04. The number of amides is 1. The Balaban J connectivity index is 1.62. The second kappa shape index (κ2) is 5.81. The summed E-state index contributed by atoms with van der Waals surface area (Å²) in [5.41, 5.74) is 1.47. The summed E-state index contributed by atoms with van der Waals surface area (Å²) in [4.78, 5) is 24.5. The van der Waals surface area contributed by atoms with Crippen LogP contribution in [0.4, 0.5) is 5.69 Å². The van der Waals surface area contributed by atoms with Gasteiger partial charge < -0.3 is 10.1 Å². The molecule has 1 aliphatic heterocycles. The molecule has 0 saturated carbocycles. The zero-order chi connectivity index (χ0) is 16.5. The number of anilines is 1. The van der Waals surface area contributed by atoms with Gasteiger partial charge in [0.05, 0.1) is 5.92 Å². The first-order chi connectivity index (χ1) is 11.7. The van der Waals surface area contributed by atoms with Gasteiger partial charge in [0.15, 0.2) is 0 Å². The maximum atomic E-state index is 12.6. The highest BCUT2D eigenvalue weighted by atomic mass is 16.5. The summed E-state index contributed by atoms with van der Waals surface area (Å²) in [5.74, 6) is -0.676. The maximum absolute atomic E-state index is 12.6. The number of ether oxygens (including phenoxy) is 1. The van der Waals surface area contributed by atoms with Crippen molar-refractivity contribution in [3.63, 3.8) is 0 Å². The number of rotatable bonds is 2. The Morgan fingerprint density at radius 1 is 0.958 bits per heavy atom. The average Bonchev–Trinajstić information content (AvgIpc) is 2.60. The smallest absolute Gasteiger partial charge is 0.319 e. The molecule has 0 saturated heterocycles. The summed E-state index contributed by atoms with van der Waals surface area (Å²) in [7, 11) is 0. The molecule has 0 aliphatic carbocycles. The molecular formula is C20H15NO3. The minimum Gasteiger partial charge on any atom is -0.426 e. The van der Waals surface area contributed by atoms with Gasteiger partial charge in [0.25, 0.3) is 0 Å². The number of hydrogen-bond acceptors (Lipinski definition) is 3. The van der Waals surface area contributed by atoms with Gasteiger partial charge in [-0.15, -0.1) is 0 Å². The number of nitrogens with one attached hydrogen (secondary N) is 1. The molecule has 118 valence electrons. The molecule has 0 aromatic heterocycles. The van der Waals surface area contributed by atoms with E-state index >= 15 is 0 Å². The second-order valence-corrected chi connectivity index (χ2v) is 5.82. The number of fused-ring (bicyclic) bond motifs is 2. The van der Waals surface area contributed by atoms with Gasteiger partial charge in [-0.2, -0.15) is 0 Å². The minimum absolute atomic E-state index is 0.101. The number of hydrogen-bond donors (Lipinski definition) is 1. The van der Waals surface area contributed by atoms with Crippen molar-refractivity contribution < 1.29 is 14.3 Å². The van der Waals surface area contributed by atoms with Gasteiger partial charge in [0.2, 0.25) is 5.91 Å². The highest BCUT2D eigenvalue weighted by molar-refractivity contribution is 6.00. The first kappa shape index (κ1) is 14.5. The lowest BCUT2D eigenvalue weighted by atomic mass is 9.91. The number of carbonyl (C=O) groups excluding carboxylic acids is 2. The predicted octanol–water partition coefficient (Wildman–Crippen LogP) is 3.87.